The maximum Gasteiger partial charge on any atom is 0.223 e. The van der Waals surface area contributed by atoms with Gasteiger partial charge in [0.15, 0.2) is 0 Å². The minimum atomic E-state index is 0.0509. The predicted molar refractivity (Wildman–Crippen MR) is 86.8 cm³/mol. The second-order valence-electron chi connectivity index (χ2n) is 6.62. The Labute approximate surface area is 128 Å². The molecule has 0 heterocycles. The van der Waals surface area contributed by atoms with Crippen LogP contribution in [0.5, 0.6) is 0 Å². The normalized spacial score (nSPS) is 17.5. The van der Waals surface area contributed by atoms with E-state index in [1.807, 2.05) is 24.1 Å². The van der Waals surface area contributed by atoms with E-state index < -0.39 is 0 Å². The van der Waals surface area contributed by atoms with Gasteiger partial charge in [-0.05, 0) is 42.9 Å². The highest BCUT2D eigenvalue weighted by Crippen LogP contribution is 2.38. The highest BCUT2D eigenvalue weighted by Gasteiger charge is 2.33. The van der Waals surface area contributed by atoms with Crippen molar-refractivity contribution in [3.63, 3.8) is 0 Å². The largest absolute Gasteiger partial charge is 0.341 e. The van der Waals surface area contributed by atoms with Crippen LogP contribution in [0.1, 0.15) is 49.7 Å². The summed E-state index contributed by atoms with van der Waals surface area (Å²) in [5, 5.41) is 0. The van der Waals surface area contributed by atoms with E-state index in [2.05, 4.69) is 19.1 Å². The number of amides is 1. The molecule has 1 amide bonds. The van der Waals surface area contributed by atoms with E-state index >= 15 is 0 Å². The van der Waals surface area contributed by atoms with E-state index in [-0.39, 0.29) is 11.3 Å². The van der Waals surface area contributed by atoms with Crippen LogP contribution >= 0.6 is 0 Å². The van der Waals surface area contributed by atoms with Gasteiger partial charge in [-0.15, -0.1) is 0 Å². The summed E-state index contributed by atoms with van der Waals surface area (Å²) in [5.41, 5.74) is 8.50. The van der Waals surface area contributed by atoms with Crippen LogP contribution in [0.25, 0.3) is 0 Å². The molecule has 0 aromatic heterocycles. The van der Waals surface area contributed by atoms with E-state index in [1.165, 1.54) is 30.4 Å². The molecule has 2 N–H and O–H groups in total. The minimum absolute atomic E-state index is 0.0509. The molecule has 3 nitrogen and oxygen atoms in total. The third-order valence-corrected chi connectivity index (χ3v) is 4.97. The van der Waals surface area contributed by atoms with Crippen LogP contribution in [-0.2, 0) is 11.3 Å². The van der Waals surface area contributed by atoms with Crippen LogP contribution in [0.15, 0.2) is 24.3 Å². The van der Waals surface area contributed by atoms with E-state index in [9.17, 15) is 4.79 Å². The lowest BCUT2D eigenvalue weighted by molar-refractivity contribution is -0.133. The lowest BCUT2D eigenvalue weighted by atomic mass is 9.71. The van der Waals surface area contributed by atoms with Crippen molar-refractivity contribution in [3.8, 4) is 0 Å². The zero-order chi connectivity index (χ0) is 15.3. The Kier molecular flexibility index (Phi) is 5.40. The summed E-state index contributed by atoms with van der Waals surface area (Å²) in [5.74, 6) is 0.227. The van der Waals surface area contributed by atoms with Crippen LogP contribution < -0.4 is 5.73 Å². The van der Waals surface area contributed by atoms with Gasteiger partial charge >= 0.3 is 0 Å². The lowest BCUT2D eigenvalue weighted by Crippen LogP contribution is -2.39. The summed E-state index contributed by atoms with van der Waals surface area (Å²) in [7, 11) is 1.90. The number of benzene rings is 1. The van der Waals surface area contributed by atoms with E-state index in [1.54, 1.807) is 0 Å². The molecule has 0 bridgehead atoms. The summed E-state index contributed by atoms with van der Waals surface area (Å²) in [6.45, 7) is 3.42. The smallest absolute Gasteiger partial charge is 0.223 e. The summed E-state index contributed by atoms with van der Waals surface area (Å²) in [4.78, 5) is 14.4. The number of nitrogens with zero attached hydrogens (tertiary/aromatic N) is 1. The van der Waals surface area contributed by atoms with Crippen molar-refractivity contribution < 1.29 is 4.79 Å². The van der Waals surface area contributed by atoms with Crippen LogP contribution in [0.4, 0.5) is 0 Å². The molecule has 1 fully saturated rings. The van der Waals surface area contributed by atoms with Gasteiger partial charge in [-0.1, -0.05) is 43.5 Å². The highest BCUT2D eigenvalue weighted by molar-refractivity contribution is 5.76. The fraction of sp³-hybridized carbons (Fsp3) is 0.611. The van der Waals surface area contributed by atoms with Crippen molar-refractivity contribution in [3.05, 3.63) is 35.4 Å². The molecular weight excluding hydrogens is 260 g/mol. The number of carbonyl (C=O) groups excluding carboxylic acids is 1. The van der Waals surface area contributed by atoms with Crippen LogP contribution in [0, 0.1) is 12.3 Å². The van der Waals surface area contributed by atoms with Crippen molar-refractivity contribution in [2.24, 2.45) is 11.1 Å². The van der Waals surface area contributed by atoms with Crippen LogP contribution in [-0.4, -0.2) is 24.4 Å². The zero-order valence-corrected chi connectivity index (χ0v) is 13.4. The fourth-order valence-electron chi connectivity index (χ4n) is 3.34. The first-order valence-corrected chi connectivity index (χ1v) is 8.05. The maximum atomic E-state index is 12.6. The van der Waals surface area contributed by atoms with Gasteiger partial charge in [0, 0.05) is 20.0 Å². The Morgan fingerprint density at radius 3 is 2.52 bits per heavy atom. The molecule has 0 radical (unpaired) electrons. The maximum absolute atomic E-state index is 12.6. The Bertz CT molecular complexity index is 478. The molecule has 1 aromatic carbocycles. The molecule has 1 aliphatic carbocycles. The molecule has 2 rings (SSSR count). The van der Waals surface area contributed by atoms with Gasteiger partial charge in [-0.2, -0.15) is 0 Å². The molecule has 1 saturated carbocycles. The Morgan fingerprint density at radius 1 is 1.24 bits per heavy atom. The summed E-state index contributed by atoms with van der Waals surface area (Å²) < 4.78 is 0. The first kappa shape index (κ1) is 16.0. The quantitative estimate of drug-likeness (QED) is 0.904. The highest BCUT2D eigenvalue weighted by atomic mass is 16.2. The molecular formula is C18H28N2O. The predicted octanol–water partition coefficient (Wildman–Crippen LogP) is 3.25. The summed E-state index contributed by atoms with van der Waals surface area (Å²) in [6.07, 6.45) is 6.53. The zero-order valence-electron chi connectivity index (χ0n) is 13.4. The number of hydrogen-bond acceptors (Lipinski definition) is 2. The third-order valence-electron chi connectivity index (χ3n) is 4.97. The van der Waals surface area contributed by atoms with Gasteiger partial charge in [-0.3, -0.25) is 4.79 Å². The van der Waals surface area contributed by atoms with Gasteiger partial charge in [0.2, 0.25) is 5.91 Å². The van der Waals surface area contributed by atoms with Crippen molar-refractivity contribution >= 4 is 5.91 Å². The second kappa shape index (κ2) is 7.08. The number of hydrogen-bond donors (Lipinski definition) is 1. The molecule has 0 unspecified atom stereocenters. The Morgan fingerprint density at radius 2 is 1.90 bits per heavy atom. The average molecular weight is 288 g/mol. The van der Waals surface area contributed by atoms with Crippen LogP contribution in [0.3, 0.4) is 0 Å². The molecule has 0 spiro atoms. The Balaban J connectivity index is 1.97. The van der Waals surface area contributed by atoms with Crippen molar-refractivity contribution in [2.45, 2.75) is 52.0 Å². The first-order chi connectivity index (χ1) is 10.1. The number of rotatable bonds is 5. The number of carbonyl (C=O) groups is 1. The van der Waals surface area contributed by atoms with Gasteiger partial charge in [-0.25, -0.2) is 0 Å². The van der Waals surface area contributed by atoms with Gasteiger partial charge < -0.3 is 10.6 Å². The lowest BCUT2D eigenvalue weighted by Gasteiger charge is -2.36. The topological polar surface area (TPSA) is 46.3 Å². The molecule has 21 heavy (non-hydrogen) atoms. The first-order valence-electron chi connectivity index (χ1n) is 8.05. The Hall–Kier alpha value is -1.35. The monoisotopic (exact) mass is 288 g/mol. The van der Waals surface area contributed by atoms with E-state index in [0.717, 1.165) is 12.8 Å². The summed E-state index contributed by atoms with van der Waals surface area (Å²) in [6, 6.07) is 8.25. The van der Waals surface area contributed by atoms with Crippen molar-refractivity contribution in [2.75, 3.05) is 13.6 Å². The summed E-state index contributed by atoms with van der Waals surface area (Å²) >= 11 is 0. The molecule has 1 aliphatic rings. The number of aryl methyl sites for hydroxylation is 1. The third kappa shape index (κ3) is 4.07. The molecule has 3 heteroatoms. The van der Waals surface area contributed by atoms with Gasteiger partial charge in [0.25, 0.3) is 0 Å². The van der Waals surface area contributed by atoms with E-state index in [4.69, 9.17) is 5.73 Å². The van der Waals surface area contributed by atoms with Crippen molar-refractivity contribution in [1.29, 1.82) is 0 Å². The van der Waals surface area contributed by atoms with Gasteiger partial charge in [0.1, 0.15) is 0 Å². The molecule has 0 aliphatic heterocycles. The molecule has 116 valence electrons. The number of nitrogens with two attached hydrogens (primary N) is 1. The average Bonchev–Trinajstić information content (AvgIpc) is 2.50. The van der Waals surface area contributed by atoms with Gasteiger partial charge in [0.05, 0.1) is 0 Å². The van der Waals surface area contributed by atoms with E-state index in [0.29, 0.717) is 19.5 Å². The van der Waals surface area contributed by atoms with Crippen LogP contribution in [0.2, 0.25) is 0 Å². The standard InChI is InChI=1S/C18H28N2O/c1-15-8-4-5-9-16(15)13-20(2)17(21)12-18(14-19)10-6-3-7-11-18/h4-5,8-9H,3,6-7,10-14,19H2,1-2H3. The SMILES string of the molecule is Cc1ccccc1CN(C)C(=O)CC1(CN)CCCCC1. The molecule has 0 atom stereocenters. The fourth-order valence-corrected chi connectivity index (χ4v) is 3.34. The molecule has 1 aromatic rings. The molecule has 0 saturated heterocycles. The second-order valence-corrected chi connectivity index (χ2v) is 6.62. The minimum Gasteiger partial charge on any atom is -0.341 e. The van der Waals surface area contributed by atoms with Crippen molar-refractivity contribution in [1.82, 2.24) is 4.90 Å².